The Labute approximate surface area is 288 Å². The number of nitrogens with zero attached hydrogens (tertiary/aromatic N) is 2. The van der Waals surface area contributed by atoms with Crippen molar-refractivity contribution < 1.29 is 0 Å². The van der Waals surface area contributed by atoms with Gasteiger partial charge in [0.2, 0.25) is 0 Å². The lowest BCUT2D eigenvalue weighted by atomic mass is 9.96. The fourth-order valence-corrected chi connectivity index (χ4v) is 6.52. The lowest BCUT2D eigenvalue weighted by Gasteiger charge is -2.26. The number of anilines is 6. The fourth-order valence-electron chi connectivity index (χ4n) is 6.52. The molecule has 0 aliphatic rings. The summed E-state index contributed by atoms with van der Waals surface area (Å²) in [7, 11) is 0. The van der Waals surface area contributed by atoms with E-state index in [-0.39, 0.29) is 0 Å². The third-order valence-corrected chi connectivity index (χ3v) is 9.35. The smallest absolute Gasteiger partial charge is 0.0462 e. The number of aryl methyl sites for hydroxylation is 2. The number of benzene rings is 6. The molecular formula is C46H48N2. The zero-order valence-corrected chi connectivity index (χ0v) is 28.9. The van der Waals surface area contributed by atoms with Gasteiger partial charge in [0.05, 0.1) is 0 Å². The predicted molar refractivity (Wildman–Crippen MR) is 208 cm³/mol. The Morgan fingerprint density at radius 1 is 0.458 bits per heavy atom. The zero-order chi connectivity index (χ0) is 33.3. The van der Waals surface area contributed by atoms with Crippen molar-refractivity contribution in [1.82, 2.24) is 0 Å². The Kier molecular flexibility index (Phi) is 10.7. The molecule has 0 saturated carbocycles. The van der Waals surface area contributed by atoms with E-state index < -0.39 is 0 Å². The Bertz CT molecular complexity index is 1840. The Morgan fingerprint density at radius 3 is 1.33 bits per heavy atom. The van der Waals surface area contributed by atoms with E-state index in [1.165, 1.54) is 64.9 Å². The summed E-state index contributed by atoms with van der Waals surface area (Å²) in [4.78, 5) is 4.69. The topological polar surface area (TPSA) is 6.48 Å². The second kappa shape index (κ2) is 15.7. The molecule has 0 aromatic heterocycles. The summed E-state index contributed by atoms with van der Waals surface area (Å²) in [5.74, 6) is 0.568. The maximum Gasteiger partial charge on any atom is 0.0462 e. The number of para-hydroxylation sites is 1. The highest BCUT2D eigenvalue weighted by atomic mass is 15.1. The van der Waals surface area contributed by atoms with Gasteiger partial charge in [0.1, 0.15) is 0 Å². The molecule has 0 fully saturated rings. The van der Waals surface area contributed by atoms with Crippen LogP contribution in [0, 0.1) is 6.92 Å². The van der Waals surface area contributed by atoms with E-state index in [1.807, 2.05) is 0 Å². The van der Waals surface area contributed by atoms with Crippen molar-refractivity contribution >= 4 is 34.1 Å². The van der Waals surface area contributed by atoms with Crippen LogP contribution in [0.4, 0.5) is 34.1 Å². The summed E-state index contributed by atoms with van der Waals surface area (Å²) >= 11 is 0. The summed E-state index contributed by atoms with van der Waals surface area (Å²) in [5, 5.41) is 0. The third-order valence-electron chi connectivity index (χ3n) is 9.35. The van der Waals surface area contributed by atoms with Gasteiger partial charge in [-0.05, 0) is 127 Å². The Balaban J connectivity index is 1.27. The molecule has 48 heavy (non-hydrogen) atoms. The molecule has 1 atom stereocenters. The van der Waals surface area contributed by atoms with Crippen LogP contribution in [0.5, 0.6) is 0 Å². The largest absolute Gasteiger partial charge is 0.311 e. The normalized spacial score (nSPS) is 11.7. The highest BCUT2D eigenvalue weighted by Crippen LogP contribution is 2.38. The van der Waals surface area contributed by atoms with Crippen LogP contribution in [0.3, 0.4) is 0 Å². The molecule has 0 aliphatic heterocycles. The second-order valence-corrected chi connectivity index (χ2v) is 13.0. The van der Waals surface area contributed by atoms with Crippen LogP contribution in [0.1, 0.15) is 69.1 Å². The molecule has 0 saturated heterocycles. The summed E-state index contributed by atoms with van der Waals surface area (Å²) in [6.07, 6.45) is 5.97. The molecule has 0 aliphatic carbocycles. The van der Waals surface area contributed by atoms with Crippen LogP contribution in [-0.2, 0) is 6.42 Å². The van der Waals surface area contributed by atoms with Crippen LogP contribution in [-0.4, -0.2) is 0 Å². The van der Waals surface area contributed by atoms with Crippen molar-refractivity contribution in [2.24, 2.45) is 0 Å². The first-order chi connectivity index (χ1) is 23.5. The molecule has 0 radical (unpaired) electrons. The van der Waals surface area contributed by atoms with Crippen LogP contribution in [0.25, 0.3) is 11.1 Å². The molecule has 242 valence electrons. The summed E-state index contributed by atoms with van der Waals surface area (Å²) in [6.45, 7) is 8.97. The van der Waals surface area contributed by atoms with E-state index in [1.54, 1.807) is 0 Å². The van der Waals surface area contributed by atoms with E-state index in [4.69, 9.17) is 0 Å². The van der Waals surface area contributed by atoms with Crippen LogP contribution >= 0.6 is 0 Å². The monoisotopic (exact) mass is 628 g/mol. The number of unbranched alkanes of at least 4 members (excludes halogenated alkanes) is 1. The van der Waals surface area contributed by atoms with Gasteiger partial charge < -0.3 is 9.80 Å². The molecule has 2 heteroatoms. The first-order valence-electron chi connectivity index (χ1n) is 17.7. The Morgan fingerprint density at radius 2 is 0.875 bits per heavy atom. The molecule has 6 aromatic carbocycles. The fraction of sp³-hybridized carbons (Fsp3) is 0.217. The van der Waals surface area contributed by atoms with Crippen molar-refractivity contribution in [1.29, 1.82) is 0 Å². The summed E-state index contributed by atoms with van der Waals surface area (Å²) < 4.78 is 0. The quantitative estimate of drug-likeness (QED) is 0.126. The lowest BCUT2D eigenvalue weighted by Crippen LogP contribution is -2.10. The number of rotatable bonds is 13. The van der Waals surface area contributed by atoms with Crippen molar-refractivity contribution in [2.45, 2.75) is 65.7 Å². The lowest BCUT2D eigenvalue weighted by molar-refractivity contribution is 0.665. The number of hydrogen-bond acceptors (Lipinski definition) is 2. The molecule has 0 amide bonds. The molecule has 0 N–H and O–H groups in total. The van der Waals surface area contributed by atoms with E-state index >= 15 is 0 Å². The van der Waals surface area contributed by atoms with E-state index in [0.29, 0.717) is 5.92 Å². The van der Waals surface area contributed by atoms with Gasteiger partial charge in [-0.15, -0.1) is 0 Å². The molecule has 1 unspecified atom stereocenters. The van der Waals surface area contributed by atoms with Gasteiger partial charge in [-0.2, -0.15) is 0 Å². The maximum atomic E-state index is 2.35. The standard InChI is InChI=1S/C46H48N2/c1-5-7-12-37-17-27-43(28-18-37)47(41-13-9-8-10-14-41)45-31-21-39(22-32-45)40-23-33-46(34-24-40)48(42-25-15-35(3)16-26-42)44-29-19-38(20-30-44)36(4)11-6-2/h8-10,13-34,36H,5-7,11-12H2,1-4H3. The maximum absolute atomic E-state index is 2.35. The van der Waals surface area contributed by atoms with Gasteiger partial charge in [0.15, 0.2) is 0 Å². The minimum Gasteiger partial charge on any atom is -0.311 e. The van der Waals surface area contributed by atoms with E-state index in [9.17, 15) is 0 Å². The van der Waals surface area contributed by atoms with Crippen LogP contribution in [0.15, 0.2) is 152 Å². The molecule has 0 bridgehead atoms. The van der Waals surface area contributed by atoms with Crippen molar-refractivity contribution in [3.05, 3.63) is 168 Å². The van der Waals surface area contributed by atoms with Crippen LogP contribution in [0.2, 0.25) is 0 Å². The van der Waals surface area contributed by atoms with Gasteiger partial charge in [-0.25, -0.2) is 0 Å². The van der Waals surface area contributed by atoms with E-state index in [2.05, 4.69) is 189 Å². The van der Waals surface area contributed by atoms with Gasteiger partial charge >= 0.3 is 0 Å². The third kappa shape index (κ3) is 7.72. The molecule has 6 aromatic rings. The minimum atomic E-state index is 0.568. The second-order valence-electron chi connectivity index (χ2n) is 13.0. The van der Waals surface area contributed by atoms with Crippen molar-refractivity contribution in [3.63, 3.8) is 0 Å². The van der Waals surface area contributed by atoms with Gasteiger partial charge in [-0.3, -0.25) is 0 Å². The highest BCUT2D eigenvalue weighted by Gasteiger charge is 2.15. The molecule has 0 spiro atoms. The zero-order valence-electron chi connectivity index (χ0n) is 28.9. The molecule has 0 heterocycles. The summed E-state index contributed by atoms with van der Waals surface area (Å²) in [5.41, 5.74) is 13.4. The first-order valence-corrected chi connectivity index (χ1v) is 17.7. The molecule has 6 rings (SSSR count). The molecular weight excluding hydrogens is 581 g/mol. The van der Waals surface area contributed by atoms with Gasteiger partial charge in [-0.1, -0.05) is 118 Å². The van der Waals surface area contributed by atoms with Crippen LogP contribution < -0.4 is 9.80 Å². The van der Waals surface area contributed by atoms with Gasteiger partial charge in [0.25, 0.3) is 0 Å². The Hall–Kier alpha value is -5.08. The molecule has 2 nitrogen and oxygen atoms in total. The van der Waals surface area contributed by atoms with Gasteiger partial charge in [0, 0.05) is 34.1 Å². The average Bonchev–Trinajstić information content (AvgIpc) is 3.14. The highest BCUT2D eigenvalue weighted by molar-refractivity contribution is 5.80. The van der Waals surface area contributed by atoms with Crippen molar-refractivity contribution in [3.8, 4) is 11.1 Å². The van der Waals surface area contributed by atoms with E-state index in [0.717, 1.165) is 29.2 Å². The average molecular weight is 629 g/mol. The van der Waals surface area contributed by atoms with Crippen molar-refractivity contribution in [2.75, 3.05) is 9.80 Å². The minimum absolute atomic E-state index is 0.568. The first kappa shape index (κ1) is 32.8. The number of hydrogen-bond donors (Lipinski definition) is 0. The SMILES string of the molecule is CCCCc1ccc(N(c2ccccc2)c2ccc(-c3ccc(N(c4ccc(C)cc4)c4ccc(C(C)CCC)cc4)cc3)cc2)cc1. The summed E-state index contributed by atoms with van der Waals surface area (Å²) in [6, 6.07) is 55.6. The predicted octanol–water partition coefficient (Wildman–Crippen LogP) is 13.8.